The summed E-state index contributed by atoms with van der Waals surface area (Å²) >= 11 is 0. The number of hydrogen-bond donors (Lipinski definition) is 1. The predicted molar refractivity (Wildman–Crippen MR) is 90.4 cm³/mol. The summed E-state index contributed by atoms with van der Waals surface area (Å²) in [6, 6.07) is 1.95. The minimum Gasteiger partial charge on any atom is -0.371 e. The van der Waals surface area contributed by atoms with Crippen LogP contribution in [0.25, 0.3) is 5.65 Å². The van der Waals surface area contributed by atoms with Gasteiger partial charge in [-0.2, -0.15) is 4.98 Å². The number of ether oxygens (including phenoxy) is 1. The van der Waals surface area contributed by atoms with Crippen molar-refractivity contribution in [2.75, 3.05) is 23.7 Å². The van der Waals surface area contributed by atoms with E-state index >= 15 is 0 Å². The summed E-state index contributed by atoms with van der Waals surface area (Å²) < 4.78 is 7.96. The second kappa shape index (κ2) is 6.70. The molecule has 0 aromatic carbocycles. The van der Waals surface area contributed by atoms with Gasteiger partial charge in [0, 0.05) is 19.2 Å². The Kier molecular flexibility index (Phi) is 4.66. The van der Waals surface area contributed by atoms with Crippen molar-refractivity contribution in [3.05, 3.63) is 12.4 Å². The maximum absolute atomic E-state index is 6.27. The van der Waals surface area contributed by atoms with E-state index in [2.05, 4.69) is 40.9 Å². The lowest BCUT2D eigenvalue weighted by molar-refractivity contribution is -0.0521. The van der Waals surface area contributed by atoms with Crippen molar-refractivity contribution in [3.63, 3.8) is 0 Å². The zero-order chi connectivity index (χ0) is 16.4. The van der Waals surface area contributed by atoms with Gasteiger partial charge in [-0.1, -0.05) is 33.6 Å². The third-order valence-corrected chi connectivity index (χ3v) is 4.45. The van der Waals surface area contributed by atoms with E-state index in [1.165, 1.54) is 12.8 Å². The third-order valence-electron chi connectivity index (χ3n) is 4.45. The number of fused-ring (bicyclic) bond motifs is 1. The minimum absolute atomic E-state index is 0.211. The molecule has 2 aromatic rings. The highest BCUT2D eigenvalue weighted by Crippen LogP contribution is 2.25. The van der Waals surface area contributed by atoms with Crippen LogP contribution in [0.2, 0.25) is 0 Å². The largest absolute Gasteiger partial charge is 0.371 e. The van der Waals surface area contributed by atoms with Crippen LogP contribution in [0.5, 0.6) is 0 Å². The SMILES string of the molecule is CCCC[C@@H]1CN(c2cc3nncn3c(N)n2)C[C@H](C(C)C)O1. The molecular formula is C16H26N6O. The molecule has 2 atom stereocenters. The van der Waals surface area contributed by atoms with Gasteiger partial charge in [-0.15, -0.1) is 10.2 Å². The van der Waals surface area contributed by atoms with Crippen molar-refractivity contribution in [3.8, 4) is 0 Å². The van der Waals surface area contributed by atoms with Gasteiger partial charge < -0.3 is 15.4 Å². The Balaban J connectivity index is 1.85. The van der Waals surface area contributed by atoms with E-state index in [1.807, 2.05) is 6.07 Å². The van der Waals surface area contributed by atoms with E-state index in [1.54, 1.807) is 10.7 Å². The standard InChI is InChI=1S/C16H26N6O/c1-4-5-6-12-8-21(9-13(23-12)11(2)3)14-7-15-20-18-10-22(15)16(17)19-14/h7,10-13H,4-6,8-9H2,1-3H3,(H2,17,19)/t12-,13-/m1/s1. The fourth-order valence-corrected chi connectivity index (χ4v) is 3.02. The quantitative estimate of drug-likeness (QED) is 0.909. The molecule has 0 saturated carbocycles. The van der Waals surface area contributed by atoms with E-state index in [0.29, 0.717) is 11.9 Å². The van der Waals surface area contributed by atoms with Crippen molar-refractivity contribution in [1.82, 2.24) is 19.6 Å². The van der Waals surface area contributed by atoms with Crippen LogP contribution in [0.1, 0.15) is 40.0 Å². The number of anilines is 2. The highest BCUT2D eigenvalue weighted by molar-refractivity contribution is 5.55. The maximum Gasteiger partial charge on any atom is 0.209 e. The molecule has 3 heterocycles. The van der Waals surface area contributed by atoms with Gasteiger partial charge in [0.15, 0.2) is 5.65 Å². The molecule has 0 amide bonds. The number of aromatic nitrogens is 4. The first-order valence-electron chi connectivity index (χ1n) is 8.45. The van der Waals surface area contributed by atoms with Gasteiger partial charge >= 0.3 is 0 Å². The van der Waals surface area contributed by atoms with Crippen LogP contribution >= 0.6 is 0 Å². The second-order valence-electron chi connectivity index (χ2n) is 6.62. The Labute approximate surface area is 136 Å². The smallest absolute Gasteiger partial charge is 0.209 e. The molecular weight excluding hydrogens is 292 g/mol. The van der Waals surface area contributed by atoms with E-state index in [4.69, 9.17) is 10.5 Å². The summed E-state index contributed by atoms with van der Waals surface area (Å²) in [4.78, 5) is 6.81. The summed E-state index contributed by atoms with van der Waals surface area (Å²) in [5, 5.41) is 7.99. The zero-order valence-electron chi connectivity index (χ0n) is 14.1. The summed E-state index contributed by atoms with van der Waals surface area (Å²) in [7, 11) is 0. The number of morpholine rings is 1. The van der Waals surface area contributed by atoms with Crippen molar-refractivity contribution >= 4 is 17.4 Å². The van der Waals surface area contributed by atoms with Crippen molar-refractivity contribution < 1.29 is 4.74 Å². The fraction of sp³-hybridized carbons (Fsp3) is 0.688. The van der Waals surface area contributed by atoms with Crippen LogP contribution in [0, 0.1) is 5.92 Å². The molecule has 2 N–H and O–H groups in total. The van der Waals surface area contributed by atoms with Crippen molar-refractivity contribution in [2.45, 2.75) is 52.2 Å². The Hall–Kier alpha value is -1.89. The first kappa shape index (κ1) is 16.0. The number of hydrogen-bond acceptors (Lipinski definition) is 6. The van der Waals surface area contributed by atoms with E-state index < -0.39 is 0 Å². The normalized spacial score (nSPS) is 22.2. The van der Waals surface area contributed by atoms with Crippen LogP contribution in [0.3, 0.4) is 0 Å². The zero-order valence-corrected chi connectivity index (χ0v) is 14.1. The summed E-state index contributed by atoms with van der Waals surface area (Å²) in [6.07, 6.45) is 5.49. The van der Waals surface area contributed by atoms with Crippen molar-refractivity contribution in [2.24, 2.45) is 5.92 Å². The number of nitrogens with two attached hydrogens (primary N) is 1. The minimum atomic E-state index is 0.211. The Morgan fingerprint density at radius 3 is 2.96 bits per heavy atom. The number of nitrogens with zero attached hydrogens (tertiary/aromatic N) is 5. The van der Waals surface area contributed by atoms with Gasteiger partial charge in [-0.05, 0) is 12.3 Å². The molecule has 1 fully saturated rings. The summed E-state index contributed by atoms with van der Waals surface area (Å²) in [6.45, 7) is 8.29. The molecule has 1 aliphatic heterocycles. The van der Waals surface area contributed by atoms with E-state index in [0.717, 1.165) is 31.0 Å². The van der Waals surface area contributed by atoms with E-state index in [9.17, 15) is 0 Å². The molecule has 2 aromatic heterocycles. The Morgan fingerprint density at radius 1 is 1.39 bits per heavy atom. The Bertz CT molecular complexity index is 655. The van der Waals surface area contributed by atoms with Gasteiger partial charge in [0.25, 0.3) is 0 Å². The molecule has 1 aliphatic rings. The van der Waals surface area contributed by atoms with Gasteiger partial charge in [-0.25, -0.2) is 0 Å². The van der Waals surface area contributed by atoms with Crippen LogP contribution in [0.4, 0.5) is 11.8 Å². The molecule has 23 heavy (non-hydrogen) atoms. The number of nitrogen functional groups attached to an aromatic ring is 1. The topological polar surface area (TPSA) is 81.6 Å². The van der Waals surface area contributed by atoms with Gasteiger partial charge in [0.2, 0.25) is 5.95 Å². The molecule has 7 nitrogen and oxygen atoms in total. The molecule has 1 saturated heterocycles. The Morgan fingerprint density at radius 2 is 2.22 bits per heavy atom. The highest BCUT2D eigenvalue weighted by atomic mass is 16.5. The molecule has 7 heteroatoms. The first-order valence-corrected chi connectivity index (χ1v) is 8.45. The van der Waals surface area contributed by atoms with Crippen LogP contribution < -0.4 is 10.6 Å². The van der Waals surface area contributed by atoms with Gasteiger partial charge in [0.05, 0.1) is 12.2 Å². The maximum atomic E-state index is 6.27. The van der Waals surface area contributed by atoms with Crippen LogP contribution in [-0.2, 0) is 4.74 Å². The van der Waals surface area contributed by atoms with Gasteiger partial charge in [-0.3, -0.25) is 4.40 Å². The molecule has 0 unspecified atom stereocenters. The molecule has 0 bridgehead atoms. The lowest BCUT2D eigenvalue weighted by Gasteiger charge is -2.40. The lowest BCUT2D eigenvalue weighted by atomic mass is 10.0. The van der Waals surface area contributed by atoms with Crippen LogP contribution in [0.15, 0.2) is 12.4 Å². The first-order chi connectivity index (χ1) is 11.1. The van der Waals surface area contributed by atoms with Crippen molar-refractivity contribution in [1.29, 1.82) is 0 Å². The van der Waals surface area contributed by atoms with Gasteiger partial charge in [0.1, 0.15) is 12.1 Å². The molecule has 126 valence electrons. The molecule has 3 rings (SSSR count). The molecule has 0 spiro atoms. The fourth-order valence-electron chi connectivity index (χ4n) is 3.02. The monoisotopic (exact) mass is 318 g/mol. The summed E-state index contributed by atoms with van der Waals surface area (Å²) in [5.74, 6) is 1.75. The average molecular weight is 318 g/mol. The number of rotatable bonds is 5. The van der Waals surface area contributed by atoms with Crippen LogP contribution in [-0.4, -0.2) is 44.9 Å². The highest BCUT2D eigenvalue weighted by Gasteiger charge is 2.30. The second-order valence-corrected chi connectivity index (χ2v) is 6.62. The molecule has 0 radical (unpaired) electrons. The average Bonchev–Trinajstić information content (AvgIpc) is 3.01. The predicted octanol–water partition coefficient (Wildman–Crippen LogP) is 2.13. The van der Waals surface area contributed by atoms with E-state index in [-0.39, 0.29) is 12.2 Å². The number of unbranched alkanes of at least 4 members (excludes halogenated alkanes) is 1. The third kappa shape index (κ3) is 3.39. The lowest BCUT2D eigenvalue weighted by Crippen LogP contribution is -2.50. The molecule has 0 aliphatic carbocycles. The summed E-state index contributed by atoms with van der Waals surface area (Å²) in [5.41, 5.74) is 6.76.